The summed E-state index contributed by atoms with van der Waals surface area (Å²) in [6.45, 7) is -0.185. The van der Waals surface area contributed by atoms with Crippen LogP contribution in [0, 0.1) is 0 Å². The largest absolute Gasteiger partial charge is 0.494 e. The molecule has 194 valence electrons. The molecule has 0 bridgehead atoms. The molecule has 3 aromatic rings. The average Bonchev–Trinajstić information content (AvgIpc) is 3.32. The molecule has 1 aliphatic heterocycles. The van der Waals surface area contributed by atoms with Crippen LogP contribution >= 0.6 is 15.9 Å². The Morgan fingerprint density at radius 3 is 2.51 bits per heavy atom. The van der Waals surface area contributed by atoms with Crippen molar-refractivity contribution >= 4 is 27.7 Å². The fraction of sp³-hybridized carbons (Fsp3) is 0.286. The van der Waals surface area contributed by atoms with Crippen LogP contribution in [0.1, 0.15) is 29.2 Å². The van der Waals surface area contributed by atoms with E-state index in [9.17, 15) is 9.18 Å². The first kappa shape index (κ1) is 26.8. The highest BCUT2D eigenvalue weighted by Crippen LogP contribution is 2.43. The zero-order valence-electron chi connectivity index (χ0n) is 20.2. The zero-order chi connectivity index (χ0) is 26.1. The standard InChI is InChI=1S/C28H29BrFN3O4/c29-24-10-5-4-9-22(24)19-28(27(35)33-31-16-15-30)25(20-7-2-1-3-8-20)37-26(32-28)21-11-13-23(14-12-21)36-18-6-17-34/h1-5,7-14,25,31,34H,6,15-19H2,(H,33,35)/t25-,28-/m0/s1. The number of hydrogen-bond donors (Lipinski definition) is 3. The molecular weight excluding hydrogens is 541 g/mol. The lowest BCUT2D eigenvalue weighted by Gasteiger charge is -2.31. The van der Waals surface area contributed by atoms with Gasteiger partial charge in [0.25, 0.3) is 5.91 Å². The summed E-state index contributed by atoms with van der Waals surface area (Å²) < 4.78 is 25.7. The maximum atomic E-state index is 13.8. The van der Waals surface area contributed by atoms with Gasteiger partial charge in [0.1, 0.15) is 12.4 Å². The van der Waals surface area contributed by atoms with Gasteiger partial charge in [-0.15, -0.1) is 0 Å². The van der Waals surface area contributed by atoms with Gasteiger partial charge in [-0.3, -0.25) is 10.2 Å². The molecule has 0 unspecified atom stereocenters. The number of rotatable bonds is 12. The van der Waals surface area contributed by atoms with Crippen LogP contribution in [0.25, 0.3) is 0 Å². The van der Waals surface area contributed by atoms with Gasteiger partial charge in [-0.1, -0.05) is 64.5 Å². The first-order chi connectivity index (χ1) is 18.1. The van der Waals surface area contributed by atoms with E-state index in [-0.39, 0.29) is 19.6 Å². The molecule has 0 fully saturated rings. The lowest BCUT2D eigenvalue weighted by atomic mass is 9.82. The Morgan fingerprint density at radius 1 is 1.08 bits per heavy atom. The van der Waals surface area contributed by atoms with Gasteiger partial charge >= 0.3 is 0 Å². The van der Waals surface area contributed by atoms with Gasteiger partial charge in [0.05, 0.1) is 6.61 Å². The number of aliphatic hydroxyl groups excluding tert-OH is 1. The van der Waals surface area contributed by atoms with Crippen molar-refractivity contribution in [2.45, 2.75) is 24.5 Å². The molecule has 4 rings (SSSR count). The van der Waals surface area contributed by atoms with Crippen LogP contribution < -0.4 is 15.6 Å². The van der Waals surface area contributed by atoms with Gasteiger partial charge in [0, 0.05) is 36.0 Å². The Labute approximate surface area is 223 Å². The van der Waals surface area contributed by atoms with Crippen molar-refractivity contribution in [3.63, 3.8) is 0 Å². The van der Waals surface area contributed by atoms with E-state index in [1.54, 1.807) is 12.1 Å². The number of nitrogens with zero attached hydrogens (tertiary/aromatic N) is 1. The lowest BCUT2D eigenvalue weighted by Crippen LogP contribution is -2.54. The van der Waals surface area contributed by atoms with Crippen molar-refractivity contribution in [1.29, 1.82) is 0 Å². The number of aliphatic hydroxyl groups is 1. The van der Waals surface area contributed by atoms with E-state index in [1.807, 2.05) is 66.7 Å². The van der Waals surface area contributed by atoms with Crippen LogP contribution in [0.5, 0.6) is 5.75 Å². The van der Waals surface area contributed by atoms with Crippen molar-refractivity contribution in [2.24, 2.45) is 4.99 Å². The quantitative estimate of drug-likeness (QED) is 0.223. The number of amides is 1. The van der Waals surface area contributed by atoms with E-state index in [0.717, 1.165) is 15.6 Å². The van der Waals surface area contributed by atoms with Crippen molar-refractivity contribution in [2.75, 3.05) is 26.4 Å². The number of halogens is 2. The average molecular weight is 570 g/mol. The third-order valence-electron chi connectivity index (χ3n) is 5.97. The molecule has 0 spiro atoms. The van der Waals surface area contributed by atoms with E-state index >= 15 is 0 Å². The van der Waals surface area contributed by atoms with Crippen LogP contribution in [-0.2, 0) is 16.0 Å². The highest BCUT2D eigenvalue weighted by molar-refractivity contribution is 9.10. The molecule has 0 aliphatic carbocycles. The molecule has 0 saturated carbocycles. The van der Waals surface area contributed by atoms with Crippen LogP contribution in [0.4, 0.5) is 4.39 Å². The second-order valence-corrected chi connectivity index (χ2v) is 9.39. The second-order valence-electron chi connectivity index (χ2n) is 8.54. The number of carbonyl (C=O) groups excluding carboxylic acids is 1. The van der Waals surface area contributed by atoms with E-state index < -0.39 is 24.2 Å². The molecule has 1 amide bonds. The van der Waals surface area contributed by atoms with Crippen LogP contribution in [0.3, 0.4) is 0 Å². The fourth-order valence-electron chi connectivity index (χ4n) is 4.14. The maximum Gasteiger partial charge on any atom is 0.266 e. The Kier molecular flexibility index (Phi) is 9.27. The number of carbonyl (C=O) groups is 1. The molecule has 3 N–H and O–H groups in total. The van der Waals surface area contributed by atoms with Crippen molar-refractivity contribution in [3.05, 3.63) is 100 Å². The van der Waals surface area contributed by atoms with E-state index in [0.29, 0.717) is 30.2 Å². The highest BCUT2D eigenvalue weighted by Gasteiger charge is 2.53. The Bertz CT molecular complexity index is 1210. The smallest absolute Gasteiger partial charge is 0.266 e. The summed E-state index contributed by atoms with van der Waals surface area (Å²) in [5.74, 6) is 0.552. The molecule has 9 heteroatoms. The third kappa shape index (κ3) is 6.36. The Balaban J connectivity index is 1.75. The summed E-state index contributed by atoms with van der Waals surface area (Å²) >= 11 is 3.59. The number of aliphatic imine (C=N–C) groups is 1. The minimum Gasteiger partial charge on any atom is -0.494 e. The number of hydrazine groups is 1. The predicted molar refractivity (Wildman–Crippen MR) is 143 cm³/mol. The summed E-state index contributed by atoms with van der Waals surface area (Å²) in [4.78, 5) is 18.7. The number of benzene rings is 3. The van der Waals surface area contributed by atoms with Gasteiger partial charge in [-0.05, 0) is 41.5 Å². The normalized spacial score (nSPS) is 18.7. The first-order valence-electron chi connectivity index (χ1n) is 12.1. The number of nitrogens with one attached hydrogen (secondary N) is 2. The molecule has 0 aromatic heterocycles. The van der Waals surface area contributed by atoms with Gasteiger partial charge < -0.3 is 14.6 Å². The SMILES string of the molecule is O=C(NNCCF)[C@@]1(Cc2ccccc2Br)N=C(c2ccc(OCCCO)cc2)O[C@H]1c1ccccc1. The predicted octanol–water partition coefficient (Wildman–Crippen LogP) is 4.30. The molecule has 1 heterocycles. The summed E-state index contributed by atoms with van der Waals surface area (Å²) in [5.41, 5.74) is 6.28. The number of alkyl halides is 1. The monoisotopic (exact) mass is 569 g/mol. The van der Waals surface area contributed by atoms with Gasteiger partial charge in [-0.2, -0.15) is 0 Å². The summed E-state index contributed by atoms with van der Waals surface area (Å²) in [7, 11) is 0. The highest BCUT2D eigenvalue weighted by atomic mass is 79.9. The second kappa shape index (κ2) is 12.8. The minimum atomic E-state index is -1.37. The first-order valence-corrected chi connectivity index (χ1v) is 12.8. The summed E-state index contributed by atoms with van der Waals surface area (Å²) in [5, 5.41) is 8.96. The topological polar surface area (TPSA) is 92.2 Å². The summed E-state index contributed by atoms with van der Waals surface area (Å²) in [6.07, 6.45) is 0.0473. The van der Waals surface area contributed by atoms with Crippen LogP contribution in [-0.4, -0.2) is 48.9 Å². The van der Waals surface area contributed by atoms with Gasteiger partial charge in [-0.25, -0.2) is 14.8 Å². The van der Waals surface area contributed by atoms with E-state index in [4.69, 9.17) is 19.6 Å². The van der Waals surface area contributed by atoms with Crippen molar-refractivity contribution < 1.29 is 23.8 Å². The van der Waals surface area contributed by atoms with Gasteiger partial charge in [0.2, 0.25) is 5.90 Å². The lowest BCUT2D eigenvalue weighted by molar-refractivity contribution is -0.130. The molecular formula is C28H29BrFN3O4. The van der Waals surface area contributed by atoms with Crippen LogP contribution in [0.2, 0.25) is 0 Å². The van der Waals surface area contributed by atoms with Crippen LogP contribution in [0.15, 0.2) is 88.3 Å². The Hall–Kier alpha value is -3.27. The maximum absolute atomic E-state index is 13.8. The Morgan fingerprint density at radius 2 is 1.81 bits per heavy atom. The number of ether oxygens (including phenoxy) is 2. The minimum absolute atomic E-state index is 0.0258. The fourth-order valence-corrected chi connectivity index (χ4v) is 4.57. The zero-order valence-corrected chi connectivity index (χ0v) is 21.8. The molecule has 0 radical (unpaired) electrons. The van der Waals surface area contributed by atoms with E-state index in [1.165, 1.54) is 0 Å². The molecule has 7 nitrogen and oxygen atoms in total. The molecule has 2 atom stereocenters. The van der Waals surface area contributed by atoms with Gasteiger partial charge in [0.15, 0.2) is 11.6 Å². The van der Waals surface area contributed by atoms with Crippen molar-refractivity contribution in [1.82, 2.24) is 10.9 Å². The summed E-state index contributed by atoms with van der Waals surface area (Å²) in [6, 6.07) is 24.4. The van der Waals surface area contributed by atoms with Crippen molar-refractivity contribution in [3.8, 4) is 5.75 Å². The number of hydrogen-bond acceptors (Lipinski definition) is 6. The molecule has 3 aromatic carbocycles. The molecule has 0 saturated heterocycles. The van der Waals surface area contributed by atoms with E-state index in [2.05, 4.69) is 26.8 Å². The third-order valence-corrected chi connectivity index (χ3v) is 6.75. The molecule has 37 heavy (non-hydrogen) atoms. The molecule has 1 aliphatic rings.